The molecule has 0 bridgehead atoms. The summed E-state index contributed by atoms with van der Waals surface area (Å²) >= 11 is 0. The average molecular weight is 195 g/mol. The lowest BCUT2D eigenvalue weighted by Crippen LogP contribution is -2.52. The summed E-state index contributed by atoms with van der Waals surface area (Å²) in [4.78, 5) is 0.271. The van der Waals surface area contributed by atoms with E-state index in [-0.39, 0.29) is 4.90 Å². The minimum atomic E-state index is -4.37. The fraction of sp³-hybridized carbons (Fsp3) is 0.857. The van der Waals surface area contributed by atoms with E-state index < -0.39 is 17.9 Å². The van der Waals surface area contributed by atoms with Crippen LogP contribution in [-0.4, -0.2) is 23.7 Å². The lowest BCUT2D eigenvalue weighted by molar-refractivity contribution is -0.234. The van der Waals surface area contributed by atoms with Crippen LogP contribution in [-0.2, 0) is 0 Å². The van der Waals surface area contributed by atoms with Gasteiger partial charge in [0.25, 0.3) is 0 Å². The zero-order valence-electron chi connectivity index (χ0n) is 7.68. The second-order valence-electron chi connectivity index (χ2n) is 4.02. The van der Waals surface area contributed by atoms with Crippen molar-refractivity contribution in [3.8, 4) is 0 Å². The molecule has 1 heterocycles. The van der Waals surface area contributed by atoms with Crippen LogP contribution in [0.2, 0.25) is 0 Å². The molecule has 0 saturated heterocycles. The van der Waals surface area contributed by atoms with E-state index in [0.717, 1.165) is 6.34 Å². The average Bonchev–Trinajstić information content (AvgIpc) is 2.27. The highest BCUT2D eigenvalue weighted by Crippen LogP contribution is 2.31. The van der Waals surface area contributed by atoms with Crippen molar-refractivity contribution in [3.05, 3.63) is 0 Å². The van der Waals surface area contributed by atoms with Gasteiger partial charge >= 0.3 is 6.30 Å². The summed E-state index contributed by atoms with van der Waals surface area (Å²) in [6.07, 6.45) is -4.42. The molecule has 0 radical (unpaired) electrons. The number of nitrogens with zero attached hydrogens (tertiary/aromatic N) is 2. The Labute approximate surface area is 74.6 Å². The second-order valence-corrected chi connectivity index (χ2v) is 4.02. The van der Waals surface area contributed by atoms with Gasteiger partial charge in [-0.05, 0) is 0 Å². The number of nitrogens with one attached hydrogen (secondary N) is 1. The summed E-state index contributed by atoms with van der Waals surface area (Å²) < 4.78 is 37.0. The highest BCUT2D eigenvalue weighted by Gasteiger charge is 2.46. The Balaban J connectivity index is 2.81. The third-order valence-electron chi connectivity index (χ3n) is 1.77. The Kier molecular flexibility index (Phi) is 2.17. The maximum Gasteiger partial charge on any atom is 0.487 e. The first-order valence-corrected chi connectivity index (χ1v) is 3.87. The van der Waals surface area contributed by atoms with Crippen LogP contribution in [0.3, 0.4) is 0 Å². The summed E-state index contributed by atoms with van der Waals surface area (Å²) in [5.41, 5.74) is 1.91. The van der Waals surface area contributed by atoms with E-state index in [2.05, 4.69) is 10.5 Å². The minimum Gasteiger partial charge on any atom is -0.285 e. The smallest absolute Gasteiger partial charge is 0.285 e. The molecule has 0 saturated carbocycles. The lowest BCUT2D eigenvalue weighted by Gasteiger charge is -2.34. The first-order chi connectivity index (χ1) is 5.73. The molecule has 3 nitrogen and oxygen atoms in total. The Hall–Kier alpha value is -0.940. The zero-order chi connectivity index (χ0) is 10.3. The van der Waals surface area contributed by atoms with E-state index in [1.54, 1.807) is 20.8 Å². The fourth-order valence-corrected chi connectivity index (χ4v) is 1.12. The van der Waals surface area contributed by atoms with Crippen LogP contribution in [0.4, 0.5) is 13.2 Å². The molecule has 0 spiro atoms. The molecule has 13 heavy (non-hydrogen) atoms. The molecule has 0 fully saturated rings. The number of hydrogen-bond donors (Lipinski definition) is 1. The van der Waals surface area contributed by atoms with Crippen molar-refractivity contribution in [2.45, 2.75) is 33.2 Å². The quantitative estimate of drug-likeness (QED) is 0.596. The van der Waals surface area contributed by atoms with Crippen LogP contribution in [0.5, 0.6) is 0 Å². The van der Waals surface area contributed by atoms with Crippen molar-refractivity contribution in [1.29, 1.82) is 0 Å². The van der Waals surface area contributed by atoms with Gasteiger partial charge in [-0.25, -0.2) is 4.90 Å². The van der Waals surface area contributed by atoms with Gasteiger partial charge in [0.05, 0.1) is 0 Å². The van der Waals surface area contributed by atoms with Crippen molar-refractivity contribution < 1.29 is 13.2 Å². The van der Waals surface area contributed by atoms with Gasteiger partial charge in [-0.3, -0.25) is 5.43 Å². The Bertz CT molecular complexity index is 216. The van der Waals surface area contributed by atoms with Gasteiger partial charge in [0.15, 0.2) is 0 Å². The Morgan fingerprint density at radius 3 is 2.15 bits per heavy atom. The second kappa shape index (κ2) is 2.78. The molecule has 0 aromatic rings. The van der Waals surface area contributed by atoms with Gasteiger partial charge in [0.1, 0.15) is 12.5 Å². The fourth-order valence-electron chi connectivity index (χ4n) is 1.12. The van der Waals surface area contributed by atoms with Crippen molar-refractivity contribution in [3.63, 3.8) is 0 Å². The van der Waals surface area contributed by atoms with E-state index >= 15 is 0 Å². The molecular formula is C7H12F3N3. The molecule has 1 aliphatic rings. The molecule has 1 rings (SSSR count). The van der Waals surface area contributed by atoms with Gasteiger partial charge in [-0.1, -0.05) is 20.8 Å². The van der Waals surface area contributed by atoms with E-state index in [4.69, 9.17) is 0 Å². The maximum absolute atomic E-state index is 12.3. The van der Waals surface area contributed by atoms with Gasteiger partial charge in [0, 0.05) is 5.41 Å². The van der Waals surface area contributed by atoms with Crippen LogP contribution in [0.15, 0.2) is 5.10 Å². The van der Waals surface area contributed by atoms with Crippen LogP contribution in [0.1, 0.15) is 20.8 Å². The van der Waals surface area contributed by atoms with E-state index in [1.165, 1.54) is 0 Å². The first kappa shape index (κ1) is 10.1. The molecule has 0 aliphatic carbocycles. The van der Waals surface area contributed by atoms with Crippen LogP contribution < -0.4 is 5.43 Å². The molecular weight excluding hydrogens is 183 g/mol. The Morgan fingerprint density at radius 2 is 1.85 bits per heavy atom. The lowest BCUT2D eigenvalue weighted by atomic mass is 9.92. The molecule has 1 aliphatic heterocycles. The van der Waals surface area contributed by atoms with Crippen LogP contribution >= 0.6 is 0 Å². The molecule has 76 valence electrons. The maximum atomic E-state index is 12.3. The Morgan fingerprint density at radius 1 is 1.31 bits per heavy atom. The predicted molar refractivity (Wildman–Crippen MR) is 42.8 cm³/mol. The number of hydrogen-bond acceptors (Lipinski definition) is 3. The molecule has 0 aromatic carbocycles. The van der Waals surface area contributed by atoms with Gasteiger partial charge in [0.2, 0.25) is 0 Å². The van der Waals surface area contributed by atoms with Crippen molar-refractivity contribution in [2.75, 3.05) is 0 Å². The first-order valence-electron chi connectivity index (χ1n) is 3.87. The van der Waals surface area contributed by atoms with Crippen LogP contribution in [0, 0.1) is 5.41 Å². The zero-order valence-corrected chi connectivity index (χ0v) is 7.68. The number of hydrazone groups is 1. The molecule has 1 unspecified atom stereocenters. The molecule has 6 heteroatoms. The molecule has 1 N–H and O–H groups in total. The standard InChI is InChI=1S/C7H12F3N3/c1-6(2,3)5-12-11-4-13(5)7(8,9)10/h4-5,12H,1-3H3. The van der Waals surface area contributed by atoms with E-state index in [9.17, 15) is 13.2 Å². The van der Waals surface area contributed by atoms with E-state index in [0.29, 0.717) is 0 Å². The third kappa shape index (κ3) is 2.05. The van der Waals surface area contributed by atoms with Crippen molar-refractivity contribution in [2.24, 2.45) is 10.5 Å². The topological polar surface area (TPSA) is 27.6 Å². The predicted octanol–water partition coefficient (Wildman–Crippen LogP) is 1.73. The highest BCUT2D eigenvalue weighted by atomic mass is 19.4. The summed E-state index contributed by atoms with van der Waals surface area (Å²) in [5.74, 6) is 0. The monoisotopic (exact) mass is 195 g/mol. The molecule has 0 aromatic heterocycles. The minimum absolute atomic E-state index is 0.271. The van der Waals surface area contributed by atoms with E-state index in [1.807, 2.05) is 0 Å². The summed E-state index contributed by atoms with van der Waals surface area (Å²) in [5, 5.41) is 3.41. The third-order valence-corrected chi connectivity index (χ3v) is 1.77. The largest absolute Gasteiger partial charge is 0.487 e. The van der Waals surface area contributed by atoms with Crippen molar-refractivity contribution >= 4 is 6.34 Å². The molecule has 0 amide bonds. The van der Waals surface area contributed by atoms with Gasteiger partial charge in [-0.15, -0.1) is 13.2 Å². The summed E-state index contributed by atoms with van der Waals surface area (Å²) in [6, 6.07) is 0. The summed E-state index contributed by atoms with van der Waals surface area (Å²) in [6.45, 7) is 5.16. The van der Waals surface area contributed by atoms with Gasteiger partial charge < -0.3 is 0 Å². The SMILES string of the molecule is CC(C)(C)C1NN=CN1C(F)(F)F. The van der Waals surface area contributed by atoms with Crippen molar-refractivity contribution in [1.82, 2.24) is 10.3 Å². The number of rotatable bonds is 0. The highest BCUT2D eigenvalue weighted by molar-refractivity contribution is 5.57. The van der Waals surface area contributed by atoms with Crippen LogP contribution in [0.25, 0.3) is 0 Å². The molecule has 1 atom stereocenters. The number of alkyl halides is 3. The number of halogens is 3. The normalized spacial score (nSPS) is 23.5. The summed E-state index contributed by atoms with van der Waals surface area (Å²) in [7, 11) is 0. The van der Waals surface area contributed by atoms with Gasteiger partial charge in [-0.2, -0.15) is 5.10 Å².